The van der Waals surface area contributed by atoms with Crippen molar-refractivity contribution >= 4 is 5.78 Å². The van der Waals surface area contributed by atoms with Gasteiger partial charge in [0.15, 0.2) is 0 Å². The summed E-state index contributed by atoms with van der Waals surface area (Å²) in [5.41, 5.74) is -0.174. The maximum Gasteiger partial charge on any atom is 0.138 e. The van der Waals surface area contributed by atoms with Crippen molar-refractivity contribution in [1.29, 1.82) is 0 Å². The highest BCUT2D eigenvalue weighted by Gasteiger charge is 2.19. The molecule has 0 aromatic heterocycles. The molecule has 0 fully saturated rings. The lowest BCUT2D eigenvalue weighted by Crippen LogP contribution is -2.19. The van der Waals surface area contributed by atoms with Crippen LogP contribution in [0.5, 0.6) is 0 Å². The molecular weight excluding hydrogens is 296 g/mol. The van der Waals surface area contributed by atoms with E-state index in [2.05, 4.69) is 6.92 Å². The van der Waals surface area contributed by atoms with Crippen molar-refractivity contribution in [2.45, 2.75) is 130 Å². The Labute approximate surface area is 151 Å². The Morgan fingerprint density at radius 1 is 0.750 bits per heavy atom. The first-order valence-corrected chi connectivity index (χ1v) is 10.6. The quantitative estimate of drug-likeness (QED) is 0.312. The first-order valence-electron chi connectivity index (χ1n) is 10.6. The first kappa shape index (κ1) is 23.6. The Bertz CT molecular complexity index is 291. The molecule has 0 heterocycles. The Hall–Kier alpha value is -0.370. The standard InChI is InChI=1S/C22H44O2/c1-5-6-7-8-11-14-17-20(23)18-15-12-9-10-13-16-19-21(24)22(2,3)4/h20,23H,5-19H2,1-4H3. The molecule has 0 spiro atoms. The second-order valence-corrected chi connectivity index (χ2v) is 8.54. The van der Waals surface area contributed by atoms with E-state index in [4.69, 9.17) is 0 Å². The van der Waals surface area contributed by atoms with Gasteiger partial charge in [-0.3, -0.25) is 4.79 Å². The van der Waals surface area contributed by atoms with E-state index in [1.165, 1.54) is 64.2 Å². The fourth-order valence-corrected chi connectivity index (χ4v) is 3.05. The van der Waals surface area contributed by atoms with Gasteiger partial charge in [-0.05, 0) is 19.3 Å². The van der Waals surface area contributed by atoms with Crippen LogP contribution in [0.3, 0.4) is 0 Å². The number of unbranched alkanes of at least 4 members (excludes halogenated alkanes) is 10. The molecule has 2 heteroatoms. The molecular formula is C22H44O2. The van der Waals surface area contributed by atoms with E-state index >= 15 is 0 Å². The van der Waals surface area contributed by atoms with Crippen LogP contribution in [-0.4, -0.2) is 17.0 Å². The van der Waals surface area contributed by atoms with Crippen LogP contribution < -0.4 is 0 Å². The number of ketones is 1. The molecule has 144 valence electrons. The van der Waals surface area contributed by atoms with E-state index in [0.29, 0.717) is 5.78 Å². The van der Waals surface area contributed by atoms with Crippen LogP contribution in [0.15, 0.2) is 0 Å². The van der Waals surface area contributed by atoms with E-state index < -0.39 is 0 Å². The van der Waals surface area contributed by atoms with Gasteiger partial charge < -0.3 is 5.11 Å². The van der Waals surface area contributed by atoms with E-state index in [0.717, 1.165) is 32.1 Å². The summed E-state index contributed by atoms with van der Waals surface area (Å²) in [5, 5.41) is 9.99. The third kappa shape index (κ3) is 15.2. The number of aliphatic hydroxyl groups excluding tert-OH is 1. The zero-order valence-corrected chi connectivity index (χ0v) is 17.0. The third-order valence-corrected chi connectivity index (χ3v) is 4.92. The van der Waals surface area contributed by atoms with Gasteiger partial charge >= 0.3 is 0 Å². The number of Topliss-reactive ketones (excluding diaryl/α,β-unsaturated/α-hetero) is 1. The third-order valence-electron chi connectivity index (χ3n) is 4.92. The zero-order chi connectivity index (χ0) is 18.3. The van der Waals surface area contributed by atoms with E-state index in [1.807, 2.05) is 20.8 Å². The van der Waals surface area contributed by atoms with Gasteiger partial charge in [-0.25, -0.2) is 0 Å². The molecule has 0 saturated carbocycles. The van der Waals surface area contributed by atoms with E-state index in [1.54, 1.807) is 0 Å². The number of rotatable bonds is 16. The number of carbonyl (C=O) groups excluding carboxylic acids is 1. The van der Waals surface area contributed by atoms with Gasteiger partial charge in [-0.1, -0.05) is 98.3 Å². The highest BCUT2D eigenvalue weighted by atomic mass is 16.3. The minimum atomic E-state index is -0.174. The summed E-state index contributed by atoms with van der Waals surface area (Å²) in [4.78, 5) is 11.8. The largest absolute Gasteiger partial charge is 0.393 e. The summed E-state index contributed by atoms with van der Waals surface area (Å²) in [5.74, 6) is 0.389. The summed E-state index contributed by atoms with van der Waals surface area (Å²) in [6.45, 7) is 8.26. The van der Waals surface area contributed by atoms with Gasteiger partial charge in [0.25, 0.3) is 0 Å². The second-order valence-electron chi connectivity index (χ2n) is 8.54. The van der Waals surface area contributed by atoms with Crippen molar-refractivity contribution in [3.05, 3.63) is 0 Å². The fourth-order valence-electron chi connectivity index (χ4n) is 3.05. The van der Waals surface area contributed by atoms with Crippen LogP contribution in [0.4, 0.5) is 0 Å². The molecule has 0 aliphatic carbocycles. The minimum absolute atomic E-state index is 0.0828. The molecule has 0 aliphatic heterocycles. The van der Waals surface area contributed by atoms with Crippen LogP contribution in [0.2, 0.25) is 0 Å². The Morgan fingerprint density at radius 2 is 1.17 bits per heavy atom. The van der Waals surface area contributed by atoms with Crippen molar-refractivity contribution in [3.8, 4) is 0 Å². The topological polar surface area (TPSA) is 37.3 Å². The SMILES string of the molecule is CCCCCCCCC(O)CCCCCCCCC(=O)C(C)(C)C. The molecule has 1 unspecified atom stereocenters. The Balaban J connectivity index is 3.30. The Morgan fingerprint density at radius 3 is 1.62 bits per heavy atom. The molecule has 1 atom stereocenters. The fraction of sp³-hybridized carbons (Fsp3) is 0.955. The predicted octanol–water partition coefficient (Wildman–Crippen LogP) is 6.83. The van der Waals surface area contributed by atoms with Crippen LogP contribution in [0.25, 0.3) is 0 Å². The van der Waals surface area contributed by atoms with Crippen LogP contribution in [0, 0.1) is 5.41 Å². The average molecular weight is 341 g/mol. The molecule has 0 aromatic rings. The molecule has 0 bridgehead atoms. The van der Waals surface area contributed by atoms with E-state index in [-0.39, 0.29) is 11.5 Å². The molecule has 1 N–H and O–H groups in total. The van der Waals surface area contributed by atoms with Crippen LogP contribution in [0.1, 0.15) is 124 Å². The van der Waals surface area contributed by atoms with Crippen molar-refractivity contribution in [3.63, 3.8) is 0 Å². The lowest BCUT2D eigenvalue weighted by molar-refractivity contribution is -0.126. The minimum Gasteiger partial charge on any atom is -0.393 e. The number of hydrogen-bond acceptors (Lipinski definition) is 2. The molecule has 0 saturated heterocycles. The average Bonchev–Trinajstić information content (AvgIpc) is 2.52. The summed E-state index contributed by atoms with van der Waals surface area (Å²) in [6.07, 6.45) is 17.5. The zero-order valence-electron chi connectivity index (χ0n) is 17.0. The molecule has 0 radical (unpaired) electrons. The molecule has 0 aliphatic rings. The molecule has 0 aromatic carbocycles. The van der Waals surface area contributed by atoms with Crippen LogP contribution >= 0.6 is 0 Å². The van der Waals surface area contributed by atoms with Crippen molar-refractivity contribution in [2.24, 2.45) is 5.41 Å². The van der Waals surface area contributed by atoms with Gasteiger partial charge in [0.2, 0.25) is 0 Å². The first-order chi connectivity index (χ1) is 11.4. The lowest BCUT2D eigenvalue weighted by Gasteiger charge is -2.16. The normalized spacial score (nSPS) is 13.2. The summed E-state index contributed by atoms with van der Waals surface area (Å²) in [6, 6.07) is 0. The Kier molecular flexibility index (Phi) is 14.7. The maximum atomic E-state index is 11.8. The van der Waals surface area contributed by atoms with Gasteiger partial charge in [-0.15, -0.1) is 0 Å². The number of carbonyl (C=O) groups is 1. The van der Waals surface area contributed by atoms with Gasteiger partial charge in [-0.2, -0.15) is 0 Å². The smallest absolute Gasteiger partial charge is 0.138 e. The summed E-state index contributed by atoms with van der Waals surface area (Å²) < 4.78 is 0. The van der Waals surface area contributed by atoms with Crippen molar-refractivity contribution in [2.75, 3.05) is 0 Å². The van der Waals surface area contributed by atoms with Gasteiger partial charge in [0, 0.05) is 11.8 Å². The van der Waals surface area contributed by atoms with E-state index in [9.17, 15) is 9.90 Å². The highest BCUT2D eigenvalue weighted by molar-refractivity contribution is 5.83. The second kappa shape index (κ2) is 14.9. The molecule has 24 heavy (non-hydrogen) atoms. The maximum absolute atomic E-state index is 11.8. The molecule has 0 rings (SSSR count). The highest BCUT2D eigenvalue weighted by Crippen LogP contribution is 2.19. The summed E-state index contributed by atoms with van der Waals surface area (Å²) in [7, 11) is 0. The van der Waals surface area contributed by atoms with Crippen LogP contribution in [-0.2, 0) is 4.79 Å². The van der Waals surface area contributed by atoms with Crippen molar-refractivity contribution in [1.82, 2.24) is 0 Å². The van der Waals surface area contributed by atoms with Gasteiger partial charge in [0.05, 0.1) is 6.10 Å². The molecule has 0 amide bonds. The molecule has 2 nitrogen and oxygen atoms in total. The van der Waals surface area contributed by atoms with Crippen molar-refractivity contribution < 1.29 is 9.90 Å². The predicted molar refractivity (Wildman–Crippen MR) is 105 cm³/mol. The number of hydrogen-bond donors (Lipinski definition) is 1. The lowest BCUT2D eigenvalue weighted by atomic mass is 9.88. The monoisotopic (exact) mass is 340 g/mol. The number of aliphatic hydroxyl groups is 1. The van der Waals surface area contributed by atoms with Gasteiger partial charge in [0.1, 0.15) is 5.78 Å². The summed E-state index contributed by atoms with van der Waals surface area (Å²) >= 11 is 0.